The lowest BCUT2D eigenvalue weighted by molar-refractivity contribution is -0.143. The molecule has 1 atom stereocenters. The lowest BCUT2D eigenvalue weighted by atomic mass is 9.80. The Morgan fingerprint density at radius 3 is 2.12 bits per heavy atom. The minimum absolute atomic E-state index is 0.00583. The van der Waals surface area contributed by atoms with Crippen LogP contribution in [0, 0.1) is 23.6 Å². The minimum Gasteiger partial charge on any atom is -0.462 e. The maximum absolute atomic E-state index is 15.1. The van der Waals surface area contributed by atoms with Crippen LogP contribution in [0.2, 0.25) is 0 Å². The Bertz CT molecular complexity index is 2470. The molecular weight excluding hydrogens is 950 g/mol. The monoisotopic (exact) mass is 1020 g/mol. The summed E-state index contributed by atoms with van der Waals surface area (Å²) >= 11 is 0. The van der Waals surface area contributed by atoms with Crippen LogP contribution in [-0.4, -0.2) is 172 Å². The Morgan fingerprint density at radius 2 is 1.49 bits per heavy atom. The van der Waals surface area contributed by atoms with E-state index in [0.717, 1.165) is 160 Å². The van der Waals surface area contributed by atoms with Gasteiger partial charge in [0.2, 0.25) is 29.6 Å². The van der Waals surface area contributed by atoms with E-state index < -0.39 is 29.6 Å². The fourth-order valence-corrected chi connectivity index (χ4v) is 11.9. The fourth-order valence-electron chi connectivity index (χ4n) is 11.9. The van der Waals surface area contributed by atoms with Crippen molar-refractivity contribution in [2.24, 2.45) is 24.8 Å². The van der Waals surface area contributed by atoms with E-state index in [0.29, 0.717) is 29.3 Å². The van der Waals surface area contributed by atoms with Crippen molar-refractivity contribution >= 4 is 58.6 Å². The van der Waals surface area contributed by atoms with E-state index in [-0.39, 0.29) is 60.6 Å². The molecule has 74 heavy (non-hydrogen) atoms. The normalized spacial score (nSPS) is 24.5. The van der Waals surface area contributed by atoms with Crippen molar-refractivity contribution in [3.8, 4) is 0 Å². The smallest absolute Gasteiger partial charge is 0.343 e. The molecule has 6 heterocycles. The van der Waals surface area contributed by atoms with Crippen molar-refractivity contribution in [3.63, 3.8) is 0 Å². The van der Waals surface area contributed by atoms with Gasteiger partial charge in [-0.05, 0) is 121 Å². The van der Waals surface area contributed by atoms with E-state index >= 15 is 4.39 Å². The first-order chi connectivity index (χ1) is 35.9. The number of carbonyl (C=O) groups is 6. The number of imide groups is 1. The highest BCUT2D eigenvalue weighted by Gasteiger charge is 2.37. The minimum atomic E-state index is -0.866. The number of piperazine rings is 2. The first-order valence-electron chi connectivity index (χ1n) is 27.2. The standard InChI is InChI=1S/C53H74FN13O7/c1-3-74-52(73)43-33-55-53(58-39-32-56-62(2)34-39)61-47(43)57-38-10-12-40(13-11-38)64-27-29-67(30-28-64)51(72)37-8-6-36(7-9-37)50(71)66-21-18-35(19-22-66)5-4-20-63-23-25-65(26-24-63)41-14-15-42(44(54)31-41)48(69)59-45-16-17-46(68)60-49(45)70/h14-15,31-38,40,45H,3-13,16-30H2,1-2H3,(H,59,69)(H,60,68,70)(H2,55,57,58,61). The number of aromatic nitrogens is 4. The first-order valence-corrected chi connectivity index (χ1v) is 27.2. The highest BCUT2D eigenvalue weighted by Crippen LogP contribution is 2.34. The van der Waals surface area contributed by atoms with Crippen LogP contribution in [0.1, 0.15) is 118 Å². The summed E-state index contributed by atoms with van der Waals surface area (Å²) in [6.07, 6.45) is 16.6. The molecule has 21 heteroatoms. The third-order valence-corrected chi connectivity index (χ3v) is 16.3. The van der Waals surface area contributed by atoms with E-state index in [1.54, 1.807) is 23.9 Å². The van der Waals surface area contributed by atoms with Crippen molar-refractivity contribution in [3.05, 3.63) is 53.7 Å². The molecule has 4 saturated heterocycles. The Hall–Kier alpha value is -6.22. The van der Waals surface area contributed by atoms with Gasteiger partial charge in [-0.15, -0.1) is 0 Å². The third kappa shape index (κ3) is 13.2. The number of hydrogen-bond donors (Lipinski definition) is 4. The number of ether oxygens (including phenoxy) is 1. The number of nitrogens with zero attached hydrogens (tertiary/aromatic N) is 9. The first kappa shape index (κ1) is 52.6. The maximum atomic E-state index is 15.1. The Labute approximate surface area is 432 Å². The number of anilines is 4. The Balaban J connectivity index is 0.629. The molecule has 4 aliphatic heterocycles. The molecule has 20 nitrogen and oxygen atoms in total. The largest absolute Gasteiger partial charge is 0.462 e. The van der Waals surface area contributed by atoms with Gasteiger partial charge in [-0.25, -0.2) is 14.2 Å². The molecule has 2 saturated carbocycles. The van der Waals surface area contributed by atoms with Crippen LogP contribution >= 0.6 is 0 Å². The van der Waals surface area contributed by atoms with Gasteiger partial charge in [0.15, 0.2) is 0 Å². The van der Waals surface area contributed by atoms with Gasteiger partial charge in [-0.1, -0.05) is 0 Å². The Morgan fingerprint density at radius 1 is 0.797 bits per heavy atom. The molecule has 0 bridgehead atoms. The zero-order valence-electron chi connectivity index (χ0n) is 43.1. The van der Waals surface area contributed by atoms with Gasteiger partial charge in [0.25, 0.3) is 5.91 Å². The molecule has 5 amide bonds. The fraction of sp³-hybridized carbons (Fsp3) is 0.642. The van der Waals surface area contributed by atoms with E-state index in [4.69, 9.17) is 4.74 Å². The Kier molecular flexibility index (Phi) is 17.4. The molecule has 2 aromatic heterocycles. The van der Waals surface area contributed by atoms with Gasteiger partial charge in [0.05, 0.1) is 24.1 Å². The summed E-state index contributed by atoms with van der Waals surface area (Å²) in [6, 6.07) is 4.30. The second-order valence-electron chi connectivity index (χ2n) is 21.1. The van der Waals surface area contributed by atoms with Gasteiger partial charge in [0, 0.05) is 121 Å². The molecular formula is C53H74FN13O7. The maximum Gasteiger partial charge on any atom is 0.343 e. The van der Waals surface area contributed by atoms with Gasteiger partial charge in [-0.2, -0.15) is 10.1 Å². The number of amides is 5. The summed E-state index contributed by atoms with van der Waals surface area (Å²) in [7, 11) is 1.83. The predicted molar refractivity (Wildman–Crippen MR) is 275 cm³/mol. The highest BCUT2D eigenvalue weighted by molar-refractivity contribution is 6.04. The number of carbonyl (C=O) groups excluding carboxylic acids is 6. The molecule has 400 valence electrons. The number of aryl methyl sites for hydroxylation is 1. The second-order valence-corrected chi connectivity index (χ2v) is 21.1. The highest BCUT2D eigenvalue weighted by atomic mass is 19.1. The van der Waals surface area contributed by atoms with Crippen LogP contribution in [0.25, 0.3) is 0 Å². The van der Waals surface area contributed by atoms with Crippen LogP contribution < -0.4 is 26.2 Å². The number of likely N-dealkylation sites (tertiary alicyclic amines) is 1. The van der Waals surface area contributed by atoms with E-state index in [9.17, 15) is 28.8 Å². The molecule has 6 aliphatic rings. The molecule has 1 unspecified atom stereocenters. The average molecular weight is 1020 g/mol. The summed E-state index contributed by atoms with van der Waals surface area (Å²) in [6.45, 7) is 11.1. The SMILES string of the molecule is CCOC(=O)c1cnc(Nc2cnn(C)c2)nc1NC1CCC(N2CCN(C(=O)C3CCC(C(=O)N4CCC(CCCN5CCN(c6ccc(C(=O)NC7CCC(=O)NC7=O)c(F)c6)CC5)CC4)CC3)CC2)CC1. The van der Waals surface area contributed by atoms with Crippen LogP contribution in [-0.2, 0) is 31.0 Å². The molecule has 4 N–H and O–H groups in total. The van der Waals surface area contributed by atoms with Gasteiger partial charge >= 0.3 is 5.97 Å². The molecule has 6 fully saturated rings. The molecule has 9 rings (SSSR count). The molecule has 0 radical (unpaired) electrons. The van der Waals surface area contributed by atoms with E-state index in [1.807, 2.05) is 13.2 Å². The molecule has 2 aliphatic carbocycles. The number of esters is 1. The van der Waals surface area contributed by atoms with Gasteiger partial charge in [0.1, 0.15) is 23.2 Å². The lowest BCUT2D eigenvalue weighted by Gasteiger charge is -2.43. The average Bonchev–Trinajstić information content (AvgIpc) is 3.83. The summed E-state index contributed by atoms with van der Waals surface area (Å²) in [5.41, 5.74) is 1.64. The van der Waals surface area contributed by atoms with E-state index in [2.05, 4.69) is 60.8 Å². The van der Waals surface area contributed by atoms with Crippen LogP contribution in [0.5, 0.6) is 0 Å². The van der Waals surface area contributed by atoms with Crippen LogP contribution in [0.4, 0.5) is 27.5 Å². The predicted octanol–water partition coefficient (Wildman–Crippen LogP) is 4.32. The topological polar surface area (TPSA) is 220 Å². The van der Waals surface area contributed by atoms with Crippen molar-refractivity contribution in [2.75, 3.05) is 94.1 Å². The summed E-state index contributed by atoms with van der Waals surface area (Å²) in [5, 5.41) is 15.6. The number of benzene rings is 1. The number of piperidine rings is 2. The number of rotatable bonds is 16. The third-order valence-electron chi connectivity index (χ3n) is 16.3. The zero-order valence-corrected chi connectivity index (χ0v) is 43.1. The number of halogens is 1. The van der Waals surface area contributed by atoms with Crippen molar-refractivity contribution in [1.82, 2.24) is 50.0 Å². The lowest BCUT2D eigenvalue weighted by Crippen LogP contribution is -2.54. The van der Waals surface area contributed by atoms with Crippen molar-refractivity contribution < 1.29 is 37.9 Å². The summed E-state index contributed by atoms with van der Waals surface area (Å²) in [4.78, 5) is 96.8. The summed E-state index contributed by atoms with van der Waals surface area (Å²) in [5.74, 6) is -0.787. The van der Waals surface area contributed by atoms with Crippen molar-refractivity contribution in [2.45, 2.75) is 115 Å². The number of hydrogen-bond acceptors (Lipinski definition) is 15. The van der Waals surface area contributed by atoms with Crippen LogP contribution in [0.15, 0.2) is 36.8 Å². The van der Waals surface area contributed by atoms with Crippen molar-refractivity contribution in [1.29, 1.82) is 0 Å². The molecule has 1 aromatic carbocycles. The molecule has 0 spiro atoms. The molecule has 3 aromatic rings. The van der Waals surface area contributed by atoms with Crippen LogP contribution in [0.3, 0.4) is 0 Å². The van der Waals surface area contributed by atoms with E-state index in [1.165, 1.54) is 18.3 Å². The number of nitrogens with one attached hydrogen (secondary N) is 4. The van der Waals surface area contributed by atoms with Gasteiger partial charge < -0.3 is 35.4 Å². The second kappa shape index (κ2) is 24.4. The zero-order chi connectivity index (χ0) is 51.7. The summed E-state index contributed by atoms with van der Waals surface area (Å²) < 4.78 is 22.1. The van der Waals surface area contributed by atoms with Gasteiger partial charge in [-0.3, -0.25) is 43.8 Å². The quantitative estimate of drug-likeness (QED) is 0.116.